The van der Waals surface area contributed by atoms with Gasteiger partial charge in [0.05, 0.1) is 19.6 Å². The molecule has 6 atom stereocenters. The van der Waals surface area contributed by atoms with Crippen LogP contribution in [0.15, 0.2) is 18.2 Å². The van der Waals surface area contributed by atoms with Gasteiger partial charge in [-0.25, -0.2) is 0 Å². The molecular formula is C27H40Cl3NO8S. The molecule has 0 spiro atoms. The largest absolute Gasteiger partial charge is 0.493 e. The number of alkyl halides is 3. The lowest BCUT2D eigenvalue weighted by molar-refractivity contribution is -0.160. The number of methoxy groups -OCH3 is 2. The van der Waals surface area contributed by atoms with E-state index in [2.05, 4.69) is 0 Å². The highest BCUT2D eigenvalue weighted by Crippen LogP contribution is 2.49. The predicted octanol–water partition coefficient (Wildman–Crippen LogP) is 5.72. The first kappa shape index (κ1) is 33.5. The lowest BCUT2D eigenvalue weighted by atomic mass is 9.82. The van der Waals surface area contributed by atoms with Gasteiger partial charge in [-0.15, -0.1) is 0 Å². The van der Waals surface area contributed by atoms with Crippen LogP contribution in [0.3, 0.4) is 0 Å². The zero-order valence-electron chi connectivity index (χ0n) is 23.8. The molecule has 0 radical (unpaired) electrons. The Morgan fingerprint density at radius 2 is 1.70 bits per heavy atom. The molecule has 13 heteroatoms. The van der Waals surface area contributed by atoms with Crippen molar-refractivity contribution in [3.63, 3.8) is 0 Å². The monoisotopic (exact) mass is 643 g/mol. The number of esters is 1. The Kier molecular flexibility index (Phi) is 11.7. The van der Waals surface area contributed by atoms with Gasteiger partial charge in [0.15, 0.2) is 11.5 Å². The third-order valence-corrected chi connectivity index (χ3v) is 9.31. The summed E-state index contributed by atoms with van der Waals surface area (Å²) in [5, 5.41) is 0. The van der Waals surface area contributed by atoms with Crippen molar-refractivity contribution in [1.29, 1.82) is 0 Å². The van der Waals surface area contributed by atoms with Crippen LogP contribution in [0.1, 0.15) is 58.6 Å². The number of hydrogen-bond donors (Lipinski definition) is 0. The van der Waals surface area contributed by atoms with Crippen molar-refractivity contribution in [1.82, 2.24) is 4.31 Å². The quantitative estimate of drug-likeness (QED) is 0.123. The van der Waals surface area contributed by atoms with Gasteiger partial charge in [-0.05, 0) is 42.4 Å². The maximum atomic E-state index is 13.6. The number of carbonyl (C=O) groups excluding carboxylic acids is 1. The SMILES string of the molecule is COCCCOc1cc([C@@H]2OC(=O)[C@H](C(C)C)C[C@@H]3[C@H](C[C@H]2C(C)C)N3S(=O)(=O)OCC(Cl)(Cl)Cl)ccc1OC. The first-order valence-corrected chi connectivity index (χ1v) is 15.9. The van der Waals surface area contributed by atoms with Crippen LogP contribution in [0.25, 0.3) is 0 Å². The van der Waals surface area contributed by atoms with Gasteiger partial charge in [0.1, 0.15) is 12.7 Å². The molecule has 0 aromatic heterocycles. The lowest BCUT2D eigenvalue weighted by Crippen LogP contribution is -2.31. The van der Waals surface area contributed by atoms with E-state index in [0.29, 0.717) is 44.0 Å². The molecular weight excluding hydrogens is 605 g/mol. The number of ether oxygens (including phenoxy) is 4. The molecule has 1 aromatic carbocycles. The molecule has 1 aromatic rings. The van der Waals surface area contributed by atoms with Crippen molar-refractivity contribution in [2.75, 3.05) is 34.0 Å². The van der Waals surface area contributed by atoms with Crippen LogP contribution in [0.4, 0.5) is 0 Å². The van der Waals surface area contributed by atoms with Gasteiger partial charge in [-0.3, -0.25) is 8.98 Å². The smallest absolute Gasteiger partial charge is 0.339 e. The van der Waals surface area contributed by atoms with E-state index in [0.717, 1.165) is 5.56 Å². The molecule has 0 saturated carbocycles. The molecule has 2 fully saturated rings. The van der Waals surface area contributed by atoms with Crippen molar-refractivity contribution in [3.05, 3.63) is 23.8 Å². The second-order valence-electron chi connectivity index (χ2n) is 11.0. The minimum absolute atomic E-state index is 0.0504. The number of hydrogen-bond acceptors (Lipinski definition) is 8. The van der Waals surface area contributed by atoms with Gasteiger partial charge >= 0.3 is 16.3 Å². The highest BCUT2D eigenvalue weighted by atomic mass is 35.6. The minimum Gasteiger partial charge on any atom is -0.493 e. The van der Waals surface area contributed by atoms with Crippen molar-refractivity contribution in [2.45, 2.75) is 68.9 Å². The van der Waals surface area contributed by atoms with Crippen LogP contribution in [0, 0.1) is 23.7 Å². The fourth-order valence-corrected chi connectivity index (χ4v) is 7.14. The van der Waals surface area contributed by atoms with E-state index in [4.69, 9.17) is 57.9 Å². The Hall–Kier alpha value is -1.01. The van der Waals surface area contributed by atoms with Crippen LogP contribution >= 0.6 is 34.8 Å². The normalized spacial score (nSPS) is 27.4. The predicted molar refractivity (Wildman–Crippen MR) is 154 cm³/mol. The molecule has 0 aliphatic carbocycles. The number of fused-ring (bicyclic) bond motifs is 1. The molecule has 1 unspecified atom stereocenters. The number of cyclic esters (lactones) is 1. The first-order chi connectivity index (χ1) is 18.7. The Balaban J connectivity index is 1.97. The minimum atomic E-state index is -4.19. The van der Waals surface area contributed by atoms with Crippen LogP contribution in [0.2, 0.25) is 0 Å². The molecule has 2 heterocycles. The van der Waals surface area contributed by atoms with Gasteiger partial charge < -0.3 is 18.9 Å². The van der Waals surface area contributed by atoms with Crippen molar-refractivity contribution >= 4 is 51.1 Å². The van der Waals surface area contributed by atoms with Gasteiger partial charge in [0, 0.05) is 38.1 Å². The summed E-state index contributed by atoms with van der Waals surface area (Å²) in [5.41, 5.74) is 0.748. The maximum Gasteiger partial charge on any atom is 0.339 e. The summed E-state index contributed by atoms with van der Waals surface area (Å²) < 4.78 is 53.6. The third kappa shape index (κ3) is 8.52. The summed E-state index contributed by atoms with van der Waals surface area (Å²) in [6.07, 6.45) is 0.830. The van der Waals surface area contributed by atoms with E-state index >= 15 is 0 Å². The molecule has 40 heavy (non-hydrogen) atoms. The zero-order chi connectivity index (χ0) is 29.8. The molecule has 9 nitrogen and oxygen atoms in total. The van der Waals surface area contributed by atoms with Crippen LogP contribution in [0.5, 0.6) is 11.5 Å². The molecule has 0 bridgehead atoms. The molecule has 0 amide bonds. The summed E-state index contributed by atoms with van der Waals surface area (Å²) in [6, 6.07) is 4.69. The van der Waals surface area contributed by atoms with Crippen molar-refractivity contribution < 1.29 is 36.3 Å². The summed E-state index contributed by atoms with van der Waals surface area (Å²) in [4.78, 5) is 13.6. The molecule has 2 aliphatic heterocycles. The number of nitrogens with zero attached hydrogens (tertiary/aromatic N) is 1. The number of carbonyl (C=O) groups is 1. The van der Waals surface area contributed by atoms with Crippen LogP contribution < -0.4 is 9.47 Å². The maximum absolute atomic E-state index is 13.6. The third-order valence-electron chi connectivity index (χ3n) is 7.51. The summed E-state index contributed by atoms with van der Waals surface area (Å²) in [7, 11) is -0.999. The van der Waals surface area contributed by atoms with Crippen LogP contribution in [-0.2, 0) is 28.8 Å². The number of benzene rings is 1. The Morgan fingerprint density at radius 3 is 2.27 bits per heavy atom. The summed E-state index contributed by atoms with van der Waals surface area (Å²) in [6.45, 7) is 8.28. The fraction of sp³-hybridized carbons (Fsp3) is 0.741. The van der Waals surface area contributed by atoms with E-state index in [1.807, 2.05) is 39.8 Å². The number of rotatable bonds is 12. The van der Waals surface area contributed by atoms with E-state index in [1.165, 1.54) is 4.31 Å². The highest BCUT2D eigenvalue weighted by Gasteiger charge is 2.59. The average Bonchev–Trinajstić information content (AvgIpc) is 3.57. The Labute approximate surface area is 252 Å². The van der Waals surface area contributed by atoms with Gasteiger partial charge in [0.25, 0.3) is 0 Å². The standard InChI is InChI=1S/C27H40Cl3NO8S/c1-16(2)19-13-21-22(31(21)40(33,34)38-15-27(28,29)30)14-20(17(3)4)26(32)39-25(19)18-8-9-23(36-6)24(12-18)37-11-7-10-35-5/h8-9,12,16-17,19-22,25H,7,10-11,13-15H2,1-6H3/t19-,20-,21-,22+,25-,31?/m0/s1. The first-order valence-electron chi connectivity index (χ1n) is 13.4. The summed E-state index contributed by atoms with van der Waals surface area (Å²) >= 11 is 17.2. The fourth-order valence-electron chi connectivity index (χ4n) is 5.27. The van der Waals surface area contributed by atoms with Gasteiger partial charge in [0.2, 0.25) is 3.79 Å². The van der Waals surface area contributed by atoms with E-state index < -0.39 is 38.8 Å². The molecule has 2 aliphatic rings. The molecule has 3 rings (SSSR count). The number of halogens is 3. The second-order valence-corrected chi connectivity index (χ2v) is 15.0. The lowest BCUT2D eigenvalue weighted by Gasteiger charge is -2.32. The molecule has 2 saturated heterocycles. The second kappa shape index (κ2) is 14.0. The van der Waals surface area contributed by atoms with E-state index in [9.17, 15) is 13.2 Å². The van der Waals surface area contributed by atoms with Gasteiger partial charge in [-0.2, -0.15) is 12.7 Å². The van der Waals surface area contributed by atoms with Gasteiger partial charge in [-0.1, -0.05) is 68.6 Å². The van der Waals surface area contributed by atoms with Crippen LogP contribution in [-0.4, -0.2) is 68.6 Å². The average molecular weight is 645 g/mol. The summed E-state index contributed by atoms with van der Waals surface area (Å²) in [5.74, 6) is -0.0218. The van der Waals surface area contributed by atoms with Crippen molar-refractivity contribution in [2.24, 2.45) is 23.7 Å². The topological polar surface area (TPSA) is 100 Å². The highest BCUT2D eigenvalue weighted by molar-refractivity contribution is 7.84. The molecule has 0 N–H and O–H groups in total. The Bertz CT molecular complexity index is 1110. The van der Waals surface area contributed by atoms with Crippen molar-refractivity contribution in [3.8, 4) is 11.5 Å². The Morgan fingerprint density at radius 1 is 1.02 bits per heavy atom. The zero-order valence-corrected chi connectivity index (χ0v) is 26.9. The van der Waals surface area contributed by atoms with E-state index in [1.54, 1.807) is 20.3 Å². The van der Waals surface area contributed by atoms with E-state index in [-0.39, 0.29) is 29.8 Å². The molecule has 228 valence electrons.